The molecule has 0 fully saturated rings. The first kappa shape index (κ1) is 31.8. The third-order valence-electron chi connectivity index (χ3n) is 3.65. The molecule has 0 aliphatic rings. The zero-order valence-electron chi connectivity index (χ0n) is 14.5. The summed E-state index contributed by atoms with van der Waals surface area (Å²) < 4.78 is 234. The van der Waals surface area contributed by atoms with E-state index < -0.39 is 75.0 Å². The molecule has 4 nitrogen and oxygen atoms in total. The van der Waals surface area contributed by atoms with Crippen molar-refractivity contribution in [1.29, 1.82) is 0 Å². The summed E-state index contributed by atoms with van der Waals surface area (Å²) in [5, 5.41) is 8.82. The summed E-state index contributed by atoms with van der Waals surface area (Å²) >= 11 is 0. The molecule has 0 aromatic heterocycles. The Morgan fingerprint density at radius 1 is 0.636 bits per heavy atom. The maximum atomic E-state index is 13.4. The second-order valence-electron chi connectivity index (χ2n) is 6.03. The molecule has 0 aliphatic carbocycles. The van der Waals surface area contributed by atoms with Crippen molar-refractivity contribution in [2.75, 3.05) is 6.61 Å². The van der Waals surface area contributed by atoms with E-state index >= 15 is 0 Å². The smallest absolute Gasteiger partial charge is 0.488 e. The Labute approximate surface area is 170 Å². The number of aliphatic hydroxyl groups is 1. The predicted octanol–water partition coefficient (Wildman–Crippen LogP) is 4.78. The molecule has 0 aromatic carbocycles. The van der Waals surface area contributed by atoms with Gasteiger partial charge in [0.25, 0.3) is 0 Å². The molecular formula is C11H6F17O4P. The molecule has 2 atom stereocenters. The van der Waals surface area contributed by atoms with Gasteiger partial charge in [0.2, 0.25) is 0 Å². The molecule has 0 spiro atoms. The van der Waals surface area contributed by atoms with Crippen molar-refractivity contribution in [2.24, 2.45) is 0 Å². The monoisotopic (exact) mass is 556 g/mol. The standard InChI is InChI=1S/C11H6F17O4P/c12-4(13,1-3(29)2-32-33(30)31)5(14,15)6(16,17)7(18,19)8(20,21)9(22,23)10(24,25)11(26,27)28/h3,29H,1-2H2. The molecule has 33 heavy (non-hydrogen) atoms. The molecule has 0 amide bonds. The number of hydrogen-bond acceptors (Lipinski definition) is 4. The molecule has 198 valence electrons. The van der Waals surface area contributed by atoms with E-state index in [4.69, 9.17) is 5.11 Å². The summed E-state index contributed by atoms with van der Waals surface area (Å²) in [7, 11) is -4.00. The fourth-order valence-corrected chi connectivity index (χ4v) is 2.12. The van der Waals surface area contributed by atoms with Crippen molar-refractivity contribution >= 4 is 8.25 Å². The van der Waals surface area contributed by atoms with Gasteiger partial charge in [0.05, 0.1) is 6.10 Å². The molecule has 0 bridgehead atoms. The molecule has 1 N–H and O–H groups in total. The van der Waals surface area contributed by atoms with Crippen LogP contribution in [0.1, 0.15) is 6.42 Å². The first-order valence-corrected chi connectivity index (χ1v) is 8.32. The molecule has 0 aliphatic heterocycles. The summed E-state index contributed by atoms with van der Waals surface area (Å²) in [5.41, 5.74) is 0. The lowest BCUT2D eigenvalue weighted by atomic mass is 9.88. The highest BCUT2D eigenvalue weighted by atomic mass is 31.1. The van der Waals surface area contributed by atoms with Crippen LogP contribution in [0.4, 0.5) is 74.6 Å². The molecule has 0 heterocycles. The van der Waals surface area contributed by atoms with Gasteiger partial charge in [0, 0.05) is 6.42 Å². The SMILES string of the molecule is O=[P+]([O-])OCC(O)CC(F)(F)C(F)(F)C(F)(F)C(F)(F)C(F)(F)C(F)(F)C(F)(F)C(F)(F)F. The predicted molar refractivity (Wildman–Crippen MR) is 64.9 cm³/mol. The van der Waals surface area contributed by atoms with E-state index in [9.17, 15) is 84.1 Å². The van der Waals surface area contributed by atoms with Crippen LogP contribution in [-0.2, 0) is 9.09 Å². The van der Waals surface area contributed by atoms with Crippen LogP contribution in [0, 0.1) is 0 Å². The molecule has 0 aromatic rings. The molecular weight excluding hydrogens is 550 g/mol. The summed E-state index contributed by atoms with van der Waals surface area (Å²) in [6.07, 6.45) is -14.3. The average molecular weight is 556 g/mol. The second kappa shape index (κ2) is 8.78. The maximum Gasteiger partial charge on any atom is 0.488 e. The lowest BCUT2D eigenvalue weighted by molar-refractivity contribution is -0.462. The zero-order chi connectivity index (χ0) is 27.3. The van der Waals surface area contributed by atoms with Crippen LogP contribution in [0.15, 0.2) is 0 Å². The number of rotatable bonds is 11. The third-order valence-corrected chi connectivity index (χ3v) is 4.01. The minimum atomic E-state index is -8.75. The fraction of sp³-hybridized carbons (Fsp3) is 1.00. The molecule has 2 unspecified atom stereocenters. The van der Waals surface area contributed by atoms with Crippen LogP contribution in [0.25, 0.3) is 0 Å². The van der Waals surface area contributed by atoms with E-state index in [0.29, 0.717) is 0 Å². The van der Waals surface area contributed by atoms with Gasteiger partial charge < -0.3 is 10.00 Å². The van der Waals surface area contributed by atoms with Gasteiger partial charge in [-0.05, 0) is 4.57 Å². The van der Waals surface area contributed by atoms with Crippen LogP contribution in [0.2, 0.25) is 0 Å². The van der Waals surface area contributed by atoms with Gasteiger partial charge in [-0.2, -0.15) is 74.6 Å². The summed E-state index contributed by atoms with van der Waals surface area (Å²) in [5.74, 6) is -57.6. The van der Waals surface area contributed by atoms with Gasteiger partial charge in [0.15, 0.2) is 0 Å². The van der Waals surface area contributed by atoms with Crippen molar-refractivity contribution in [1.82, 2.24) is 0 Å². The highest BCUT2D eigenvalue weighted by Crippen LogP contribution is 2.64. The summed E-state index contributed by atoms with van der Waals surface area (Å²) in [4.78, 5) is 9.97. The minimum Gasteiger partial charge on any atom is -0.566 e. The van der Waals surface area contributed by atoms with Crippen LogP contribution in [-0.4, -0.2) is 65.5 Å². The largest absolute Gasteiger partial charge is 0.566 e. The van der Waals surface area contributed by atoms with Gasteiger partial charge in [-0.15, -0.1) is 4.52 Å². The van der Waals surface area contributed by atoms with E-state index in [-0.39, 0.29) is 0 Å². The van der Waals surface area contributed by atoms with Crippen molar-refractivity contribution in [3.05, 3.63) is 0 Å². The van der Waals surface area contributed by atoms with E-state index in [2.05, 4.69) is 4.52 Å². The fourth-order valence-electron chi connectivity index (χ4n) is 1.83. The van der Waals surface area contributed by atoms with Crippen LogP contribution >= 0.6 is 8.25 Å². The normalized spacial score (nSPS) is 17.2. The number of hydrogen-bond donors (Lipinski definition) is 1. The lowest BCUT2D eigenvalue weighted by Crippen LogP contribution is -2.74. The van der Waals surface area contributed by atoms with Crippen molar-refractivity contribution in [3.8, 4) is 0 Å². The number of halogens is 17. The quantitative estimate of drug-likeness (QED) is 0.294. The Morgan fingerprint density at radius 2 is 0.939 bits per heavy atom. The Hall–Kier alpha value is -1.21. The van der Waals surface area contributed by atoms with Crippen LogP contribution < -0.4 is 4.89 Å². The van der Waals surface area contributed by atoms with Crippen molar-refractivity contribution in [2.45, 2.75) is 60.2 Å². The Bertz CT molecular complexity index is 718. The summed E-state index contributed by atoms with van der Waals surface area (Å²) in [6, 6.07) is 0. The molecule has 0 saturated heterocycles. The third kappa shape index (κ3) is 4.95. The Kier molecular flexibility index (Phi) is 8.46. The molecule has 0 saturated carbocycles. The molecule has 0 radical (unpaired) electrons. The van der Waals surface area contributed by atoms with Crippen molar-refractivity contribution < 1.29 is 93.7 Å². The molecule has 22 heteroatoms. The van der Waals surface area contributed by atoms with E-state index in [1.165, 1.54) is 0 Å². The van der Waals surface area contributed by atoms with Gasteiger partial charge in [-0.1, -0.05) is 0 Å². The topological polar surface area (TPSA) is 69.6 Å². The summed E-state index contributed by atoms with van der Waals surface area (Å²) in [6.45, 7) is -1.93. The van der Waals surface area contributed by atoms with E-state index in [1.807, 2.05) is 0 Å². The van der Waals surface area contributed by atoms with E-state index in [1.54, 1.807) is 0 Å². The van der Waals surface area contributed by atoms with E-state index in [0.717, 1.165) is 0 Å². The molecule has 0 rings (SSSR count). The van der Waals surface area contributed by atoms with Gasteiger partial charge in [-0.3, -0.25) is 0 Å². The maximum absolute atomic E-state index is 13.4. The van der Waals surface area contributed by atoms with Crippen LogP contribution in [0.5, 0.6) is 0 Å². The van der Waals surface area contributed by atoms with Gasteiger partial charge in [-0.25, -0.2) is 0 Å². The first-order valence-electron chi connectivity index (χ1n) is 7.23. The highest BCUT2D eigenvalue weighted by molar-refractivity contribution is 7.30. The minimum absolute atomic E-state index is 1.93. The highest BCUT2D eigenvalue weighted by Gasteiger charge is 2.95. The van der Waals surface area contributed by atoms with Gasteiger partial charge in [0.1, 0.15) is 6.61 Å². The zero-order valence-corrected chi connectivity index (χ0v) is 15.4. The van der Waals surface area contributed by atoms with Crippen LogP contribution in [0.3, 0.4) is 0 Å². The first-order chi connectivity index (χ1) is 14.1. The number of alkyl halides is 17. The second-order valence-corrected chi connectivity index (χ2v) is 6.73. The Balaban J connectivity index is 6.44. The average Bonchev–Trinajstić information content (AvgIpc) is 2.57. The Morgan fingerprint density at radius 3 is 1.24 bits per heavy atom. The lowest BCUT2D eigenvalue weighted by Gasteiger charge is -2.43. The van der Waals surface area contributed by atoms with Gasteiger partial charge >= 0.3 is 55.9 Å². The number of aliphatic hydroxyl groups excluding tert-OH is 1. The van der Waals surface area contributed by atoms with Crippen molar-refractivity contribution in [3.63, 3.8) is 0 Å².